The van der Waals surface area contributed by atoms with Crippen molar-refractivity contribution < 1.29 is 27.9 Å². The second-order valence-corrected chi connectivity index (χ2v) is 2.22. The van der Waals surface area contributed by atoms with Crippen molar-refractivity contribution in [3.63, 3.8) is 0 Å². The molecular formula is C6H5F3N2O3. The molecule has 0 aromatic carbocycles. The standard InChI is InChI=1S/C6H5F3N2O3/c7-6(8,9)5(14)11-3(1-2-10)4(12)13/h3H,1H2,(H,11,14)(H,12,13). The van der Waals surface area contributed by atoms with Crippen LogP contribution in [0.5, 0.6) is 0 Å². The Balaban J connectivity index is 4.40. The third-order valence-corrected chi connectivity index (χ3v) is 1.16. The Morgan fingerprint density at radius 3 is 2.29 bits per heavy atom. The molecule has 0 bridgehead atoms. The van der Waals surface area contributed by atoms with Gasteiger partial charge in [-0.1, -0.05) is 0 Å². The summed E-state index contributed by atoms with van der Waals surface area (Å²) in [6.07, 6.45) is -5.87. The molecular weight excluding hydrogens is 205 g/mol. The lowest BCUT2D eigenvalue weighted by atomic mass is 10.2. The molecule has 0 saturated heterocycles. The van der Waals surface area contributed by atoms with Crippen LogP contribution in [0.1, 0.15) is 6.42 Å². The molecule has 0 aliphatic heterocycles. The minimum atomic E-state index is -5.15. The number of carboxylic acid groups (broad SMARTS) is 1. The number of alkyl halides is 3. The Labute approximate surface area is 76.1 Å². The fraction of sp³-hybridized carbons (Fsp3) is 0.500. The van der Waals surface area contributed by atoms with Gasteiger partial charge in [0.25, 0.3) is 0 Å². The highest BCUT2D eigenvalue weighted by molar-refractivity contribution is 5.87. The molecule has 2 N–H and O–H groups in total. The molecule has 0 saturated carbocycles. The Hall–Kier alpha value is -1.78. The van der Waals surface area contributed by atoms with E-state index in [2.05, 4.69) is 0 Å². The molecule has 5 nitrogen and oxygen atoms in total. The maximum absolute atomic E-state index is 11.6. The first kappa shape index (κ1) is 12.2. The van der Waals surface area contributed by atoms with Crippen molar-refractivity contribution in [2.45, 2.75) is 18.6 Å². The van der Waals surface area contributed by atoms with Crippen molar-refractivity contribution >= 4 is 11.9 Å². The Bertz CT molecular complexity index is 281. The summed E-state index contributed by atoms with van der Waals surface area (Å²) >= 11 is 0. The summed E-state index contributed by atoms with van der Waals surface area (Å²) in [5.41, 5.74) is 0. The van der Waals surface area contributed by atoms with E-state index in [9.17, 15) is 22.8 Å². The Kier molecular flexibility index (Phi) is 3.89. The van der Waals surface area contributed by atoms with E-state index in [1.54, 1.807) is 0 Å². The predicted octanol–water partition coefficient (Wildman–Crippen LogP) is 0.0318. The fourth-order valence-electron chi connectivity index (χ4n) is 0.531. The summed E-state index contributed by atoms with van der Waals surface area (Å²) in [6, 6.07) is -0.496. The van der Waals surface area contributed by atoms with Gasteiger partial charge in [0, 0.05) is 0 Å². The van der Waals surface area contributed by atoms with Crippen LogP contribution in [-0.2, 0) is 9.59 Å². The Morgan fingerprint density at radius 2 is 2.00 bits per heavy atom. The SMILES string of the molecule is N#CCC(NC(=O)C(F)(F)F)C(=O)O. The lowest BCUT2D eigenvalue weighted by molar-refractivity contribution is -0.175. The van der Waals surface area contributed by atoms with E-state index in [-0.39, 0.29) is 0 Å². The predicted molar refractivity (Wildman–Crippen MR) is 35.9 cm³/mol. The van der Waals surface area contributed by atoms with Gasteiger partial charge in [-0.25, -0.2) is 4.79 Å². The van der Waals surface area contributed by atoms with Crippen LogP contribution in [0, 0.1) is 11.3 Å². The van der Waals surface area contributed by atoms with Crippen molar-refractivity contribution in [3.8, 4) is 6.07 Å². The minimum Gasteiger partial charge on any atom is -0.480 e. The number of hydrogen-bond acceptors (Lipinski definition) is 3. The first-order chi connectivity index (χ1) is 6.29. The lowest BCUT2D eigenvalue weighted by Crippen LogP contribution is -2.46. The molecule has 14 heavy (non-hydrogen) atoms. The number of carbonyl (C=O) groups excluding carboxylic acids is 1. The van der Waals surface area contributed by atoms with E-state index in [4.69, 9.17) is 10.4 Å². The number of nitrogens with zero attached hydrogens (tertiary/aromatic N) is 1. The van der Waals surface area contributed by atoms with Crippen LogP contribution in [0.4, 0.5) is 13.2 Å². The fourth-order valence-corrected chi connectivity index (χ4v) is 0.531. The largest absolute Gasteiger partial charge is 0.480 e. The molecule has 0 aromatic heterocycles. The number of halogens is 3. The van der Waals surface area contributed by atoms with E-state index in [0.717, 1.165) is 0 Å². The second kappa shape index (κ2) is 4.45. The van der Waals surface area contributed by atoms with E-state index in [1.165, 1.54) is 11.4 Å². The van der Waals surface area contributed by atoms with Crippen molar-refractivity contribution in [1.82, 2.24) is 5.32 Å². The van der Waals surface area contributed by atoms with Crippen LogP contribution >= 0.6 is 0 Å². The molecule has 1 unspecified atom stereocenters. The quantitative estimate of drug-likeness (QED) is 0.687. The zero-order chi connectivity index (χ0) is 11.4. The highest BCUT2D eigenvalue weighted by atomic mass is 19.4. The third kappa shape index (κ3) is 3.75. The van der Waals surface area contributed by atoms with Gasteiger partial charge in [-0.3, -0.25) is 4.79 Å². The number of rotatable bonds is 3. The zero-order valence-electron chi connectivity index (χ0n) is 6.63. The maximum atomic E-state index is 11.6. The number of carboxylic acids is 1. The summed E-state index contributed by atoms with van der Waals surface area (Å²) in [5.74, 6) is -4.07. The van der Waals surface area contributed by atoms with Crippen molar-refractivity contribution in [3.05, 3.63) is 0 Å². The summed E-state index contributed by atoms with van der Waals surface area (Å²) in [5, 5.41) is 17.5. The maximum Gasteiger partial charge on any atom is 0.471 e. The van der Waals surface area contributed by atoms with Crippen LogP contribution < -0.4 is 5.32 Å². The average molecular weight is 210 g/mol. The summed E-state index contributed by atoms with van der Waals surface area (Å²) < 4.78 is 34.9. The first-order valence-electron chi connectivity index (χ1n) is 3.26. The number of hydrogen-bond donors (Lipinski definition) is 2. The molecule has 0 rings (SSSR count). The normalized spacial score (nSPS) is 12.7. The lowest BCUT2D eigenvalue weighted by Gasteiger charge is -2.12. The Morgan fingerprint density at radius 1 is 1.50 bits per heavy atom. The zero-order valence-corrected chi connectivity index (χ0v) is 6.63. The number of carbonyl (C=O) groups is 2. The molecule has 78 valence electrons. The molecule has 0 spiro atoms. The third-order valence-electron chi connectivity index (χ3n) is 1.16. The second-order valence-electron chi connectivity index (χ2n) is 2.22. The first-order valence-corrected chi connectivity index (χ1v) is 3.26. The van der Waals surface area contributed by atoms with Gasteiger partial charge < -0.3 is 10.4 Å². The van der Waals surface area contributed by atoms with Crippen LogP contribution in [0.2, 0.25) is 0 Å². The molecule has 1 atom stereocenters. The topological polar surface area (TPSA) is 90.2 Å². The van der Waals surface area contributed by atoms with Crippen molar-refractivity contribution in [2.24, 2.45) is 0 Å². The smallest absolute Gasteiger partial charge is 0.471 e. The monoisotopic (exact) mass is 210 g/mol. The molecule has 0 heterocycles. The van der Waals surface area contributed by atoms with Gasteiger partial charge in [-0.05, 0) is 0 Å². The van der Waals surface area contributed by atoms with E-state index in [0.29, 0.717) is 0 Å². The van der Waals surface area contributed by atoms with E-state index >= 15 is 0 Å². The van der Waals surface area contributed by atoms with Crippen LogP contribution in [0.3, 0.4) is 0 Å². The summed E-state index contributed by atoms with van der Waals surface area (Å²) in [6.45, 7) is 0. The number of amides is 1. The van der Waals surface area contributed by atoms with Gasteiger partial charge in [0.1, 0.15) is 6.04 Å². The molecule has 0 radical (unpaired) electrons. The molecule has 1 amide bonds. The summed E-state index contributed by atoms with van der Waals surface area (Å²) in [7, 11) is 0. The van der Waals surface area contributed by atoms with Gasteiger partial charge in [0.2, 0.25) is 0 Å². The van der Waals surface area contributed by atoms with Gasteiger partial charge >= 0.3 is 18.1 Å². The molecule has 8 heteroatoms. The molecule has 0 aromatic rings. The van der Waals surface area contributed by atoms with E-state index in [1.807, 2.05) is 0 Å². The van der Waals surface area contributed by atoms with Crippen LogP contribution in [0.15, 0.2) is 0 Å². The number of aliphatic carboxylic acids is 1. The van der Waals surface area contributed by atoms with E-state index < -0.39 is 30.5 Å². The highest BCUT2D eigenvalue weighted by Gasteiger charge is 2.40. The number of nitrogens with one attached hydrogen (secondary N) is 1. The summed E-state index contributed by atoms with van der Waals surface area (Å²) in [4.78, 5) is 20.5. The van der Waals surface area contributed by atoms with Gasteiger partial charge in [0.05, 0.1) is 12.5 Å². The van der Waals surface area contributed by atoms with Gasteiger partial charge in [0.15, 0.2) is 0 Å². The highest BCUT2D eigenvalue weighted by Crippen LogP contribution is 2.14. The molecule has 0 fully saturated rings. The van der Waals surface area contributed by atoms with Crippen molar-refractivity contribution in [1.29, 1.82) is 5.26 Å². The van der Waals surface area contributed by atoms with Crippen LogP contribution in [-0.4, -0.2) is 29.2 Å². The van der Waals surface area contributed by atoms with Gasteiger partial charge in [-0.15, -0.1) is 0 Å². The average Bonchev–Trinajstić information content (AvgIpc) is 2.01. The molecule has 0 aliphatic rings. The molecule has 0 aliphatic carbocycles. The number of nitriles is 1. The van der Waals surface area contributed by atoms with Crippen molar-refractivity contribution in [2.75, 3.05) is 0 Å². The van der Waals surface area contributed by atoms with Crippen LogP contribution in [0.25, 0.3) is 0 Å². The van der Waals surface area contributed by atoms with Gasteiger partial charge in [-0.2, -0.15) is 18.4 Å². The minimum absolute atomic E-state index is 0.725.